The van der Waals surface area contributed by atoms with Crippen LogP contribution in [0.15, 0.2) is 23.4 Å². The molecule has 130 valence electrons. The van der Waals surface area contributed by atoms with Crippen molar-refractivity contribution < 1.29 is 9.59 Å². The van der Waals surface area contributed by atoms with Gasteiger partial charge in [0, 0.05) is 32.1 Å². The molecule has 1 N–H and O–H groups in total. The number of urea groups is 1. The number of nitrogens with zero attached hydrogens (tertiary/aromatic N) is 3. The van der Waals surface area contributed by atoms with Crippen molar-refractivity contribution in [3.05, 3.63) is 18.3 Å². The van der Waals surface area contributed by atoms with Gasteiger partial charge in [-0.05, 0) is 37.1 Å². The van der Waals surface area contributed by atoms with Gasteiger partial charge < -0.3 is 15.1 Å². The van der Waals surface area contributed by atoms with Crippen molar-refractivity contribution in [2.75, 3.05) is 30.7 Å². The Hall–Kier alpha value is -1.76. The number of nitrogens with one attached hydrogen (secondary N) is 1. The Kier molecular flexibility index (Phi) is 5.60. The lowest BCUT2D eigenvalue weighted by atomic mass is 10.0. The fourth-order valence-corrected chi connectivity index (χ4v) is 3.93. The number of anilines is 1. The normalized spacial score (nSPS) is 21.2. The van der Waals surface area contributed by atoms with Crippen LogP contribution in [0.1, 0.15) is 32.6 Å². The molecular formula is C17H24N4O2S. The molecule has 2 aliphatic heterocycles. The Balaban J connectivity index is 1.57. The highest BCUT2D eigenvalue weighted by atomic mass is 32.2. The Morgan fingerprint density at radius 3 is 2.92 bits per heavy atom. The summed E-state index contributed by atoms with van der Waals surface area (Å²) < 4.78 is 0. The van der Waals surface area contributed by atoms with Gasteiger partial charge in [0.05, 0.1) is 16.9 Å². The number of pyridine rings is 1. The lowest BCUT2D eigenvalue weighted by molar-refractivity contribution is -0.130. The molecule has 3 amide bonds. The zero-order valence-corrected chi connectivity index (χ0v) is 14.8. The molecule has 6 nitrogen and oxygen atoms in total. The molecule has 0 spiro atoms. The molecule has 3 heterocycles. The number of aromatic nitrogens is 1. The topological polar surface area (TPSA) is 65.5 Å². The number of likely N-dealkylation sites (tertiary alicyclic amines) is 2. The third-order valence-electron chi connectivity index (χ3n) is 4.51. The van der Waals surface area contributed by atoms with E-state index in [9.17, 15) is 9.59 Å². The molecule has 3 rings (SSSR count). The summed E-state index contributed by atoms with van der Waals surface area (Å²) in [6.45, 7) is 4.27. The average molecular weight is 348 g/mol. The van der Waals surface area contributed by atoms with Gasteiger partial charge in [0.2, 0.25) is 5.91 Å². The minimum absolute atomic E-state index is 0.107. The van der Waals surface area contributed by atoms with Crippen molar-refractivity contribution in [3.8, 4) is 0 Å². The molecular weight excluding hydrogens is 324 g/mol. The number of amides is 3. The van der Waals surface area contributed by atoms with Crippen LogP contribution in [-0.4, -0.2) is 58.2 Å². The van der Waals surface area contributed by atoms with Gasteiger partial charge in [-0.3, -0.25) is 4.79 Å². The predicted octanol–water partition coefficient (Wildman–Crippen LogP) is 2.81. The van der Waals surface area contributed by atoms with Gasteiger partial charge >= 0.3 is 6.03 Å². The molecule has 1 aromatic heterocycles. The Morgan fingerprint density at radius 2 is 2.25 bits per heavy atom. The van der Waals surface area contributed by atoms with E-state index in [4.69, 9.17) is 0 Å². The fourth-order valence-electron chi connectivity index (χ4n) is 3.34. The summed E-state index contributed by atoms with van der Waals surface area (Å²) in [7, 11) is 0. The van der Waals surface area contributed by atoms with Gasteiger partial charge in [0.15, 0.2) is 0 Å². The predicted molar refractivity (Wildman–Crippen MR) is 95.2 cm³/mol. The third kappa shape index (κ3) is 4.01. The van der Waals surface area contributed by atoms with Crippen LogP contribution in [0.3, 0.4) is 0 Å². The van der Waals surface area contributed by atoms with E-state index < -0.39 is 0 Å². The van der Waals surface area contributed by atoms with Gasteiger partial charge in [0.1, 0.15) is 0 Å². The first-order chi connectivity index (χ1) is 11.7. The minimum Gasteiger partial charge on any atom is -0.338 e. The molecule has 2 saturated heterocycles. The van der Waals surface area contributed by atoms with Gasteiger partial charge in [-0.1, -0.05) is 6.92 Å². The van der Waals surface area contributed by atoms with Crippen LogP contribution in [0.2, 0.25) is 0 Å². The zero-order chi connectivity index (χ0) is 16.9. The highest BCUT2D eigenvalue weighted by Crippen LogP contribution is 2.22. The van der Waals surface area contributed by atoms with Crippen LogP contribution in [0.25, 0.3) is 0 Å². The SMILES string of the molecule is CCSc1ccc(NC(=O)N2CCCC(N3CCCC3=O)C2)cn1. The minimum atomic E-state index is -0.107. The van der Waals surface area contributed by atoms with Crippen LogP contribution in [0.5, 0.6) is 0 Å². The summed E-state index contributed by atoms with van der Waals surface area (Å²) >= 11 is 1.67. The molecule has 1 aromatic rings. The van der Waals surface area contributed by atoms with Gasteiger partial charge in [-0.25, -0.2) is 9.78 Å². The summed E-state index contributed by atoms with van der Waals surface area (Å²) in [5.41, 5.74) is 0.708. The number of thioether (sulfide) groups is 1. The lowest BCUT2D eigenvalue weighted by Gasteiger charge is -2.37. The molecule has 1 unspecified atom stereocenters. The van der Waals surface area contributed by atoms with Crippen molar-refractivity contribution in [2.45, 2.75) is 43.7 Å². The van der Waals surface area contributed by atoms with Crippen LogP contribution < -0.4 is 5.32 Å². The second-order valence-corrected chi connectivity index (χ2v) is 7.47. The standard InChI is InChI=1S/C17H24N4O2S/c1-2-24-15-8-7-13(11-18-15)19-17(23)20-9-3-5-14(12-20)21-10-4-6-16(21)22/h7-8,11,14H,2-6,9-10,12H2,1H3,(H,19,23). The van der Waals surface area contributed by atoms with E-state index in [-0.39, 0.29) is 18.0 Å². The highest BCUT2D eigenvalue weighted by Gasteiger charge is 2.32. The Labute approximate surface area is 147 Å². The Bertz CT molecular complexity index is 593. The van der Waals surface area contributed by atoms with Gasteiger partial charge in [-0.2, -0.15) is 0 Å². The van der Waals surface area contributed by atoms with E-state index in [0.29, 0.717) is 18.7 Å². The molecule has 2 aliphatic rings. The van der Waals surface area contributed by atoms with Crippen molar-refractivity contribution in [1.29, 1.82) is 0 Å². The smallest absolute Gasteiger partial charge is 0.321 e. The number of rotatable bonds is 4. The van der Waals surface area contributed by atoms with E-state index in [1.54, 1.807) is 18.0 Å². The molecule has 1 atom stereocenters. The maximum atomic E-state index is 12.5. The average Bonchev–Trinajstić information content (AvgIpc) is 3.03. The van der Waals surface area contributed by atoms with Gasteiger partial charge in [0.25, 0.3) is 0 Å². The van der Waals surface area contributed by atoms with E-state index in [1.807, 2.05) is 21.9 Å². The van der Waals surface area contributed by atoms with Crippen LogP contribution in [-0.2, 0) is 4.79 Å². The number of hydrogen-bond donors (Lipinski definition) is 1. The molecule has 24 heavy (non-hydrogen) atoms. The number of hydrogen-bond acceptors (Lipinski definition) is 4. The number of piperidine rings is 1. The summed E-state index contributed by atoms with van der Waals surface area (Å²) in [4.78, 5) is 32.5. The van der Waals surface area contributed by atoms with Crippen molar-refractivity contribution >= 4 is 29.4 Å². The third-order valence-corrected chi connectivity index (χ3v) is 5.34. The summed E-state index contributed by atoms with van der Waals surface area (Å²) in [6, 6.07) is 3.87. The maximum Gasteiger partial charge on any atom is 0.321 e. The van der Waals surface area contributed by atoms with E-state index in [1.165, 1.54) is 0 Å². The van der Waals surface area contributed by atoms with Crippen LogP contribution >= 0.6 is 11.8 Å². The van der Waals surface area contributed by atoms with Crippen molar-refractivity contribution in [2.24, 2.45) is 0 Å². The number of carbonyl (C=O) groups is 2. The molecule has 7 heteroatoms. The van der Waals surface area contributed by atoms with E-state index in [0.717, 1.165) is 43.1 Å². The van der Waals surface area contributed by atoms with Gasteiger partial charge in [-0.15, -0.1) is 11.8 Å². The van der Waals surface area contributed by atoms with Crippen molar-refractivity contribution in [3.63, 3.8) is 0 Å². The Morgan fingerprint density at radius 1 is 1.38 bits per heavy atom. The molecule has 0 saturated carbocycles. The molecule has 0 radical (unpaired) electrons. The number of carbonyl (C=O) groups excluding carboxylic acids is 2. The first-order valence-electron chi connectivity index (χ1n) is 8.61. The lowest BCUT2D eigenvalue weighted by Crippen LogP contribution is -2.51. The monoisotopic (exact) mass is 348 g/mol. The second-order valence-electron chi connectivity index (χ2n) is 6.18. The molecule has 0 aromatic carbocycles. The first-order valence-corrected chi connectivity index (χ1v) is 9.60. The van der Waals surface area contributed by atoms with Crippen LogP contribution in [0.4, 0.5) is 10.5 Å². The zero-order valence-electron chi connectivity index (χ0n) is 14.0. The largest absolute Gasteiger partial charge is 0.338 e. The fraction of sp³-hybridized carbons (Fsp3) is 0.588. The molecule has 0 aliphatic carbocycles. The highest BCUT2D eigenvalue weighted by molar-refractivity contribution is 7.99. The van der Waals surface area contributed by atoms with E-state index in [2.05, 4.69) is 17.2 Å². The summed E-state index contributed by atoms with van der Waals surface area (Å²) in [5.74, 6) is 1.21. The maximum absolute atomic E-state index is 12.5. The van der Waals surface area contributed by atoms with Crippen LogP contribution in [0, 0.1) is 0 Å². The summed E-state index contributed by atoms with van der Waals surface area (Å²) in [6.07, 6.45) is 5.21. The molecule has 2 fully saturated rings. The molecule has 0 bridgehead atoms. The quantitative estimate of drug-likeness (QED) is 0.850. The second kappa shape index (κ2) is 7.88. The van der Waals surface area contributed by atoms with Crippen molar-refractivity contribution in [1.82, 2.24) is 14.8 Å². The van der Waals surface area contributed by atoms with E-state index >= 15 is 0 Å². The summed E-state index contributed by atoms with van der Waals surface area (Å²) in [5, 5.41) is 3.87. The first kappa shape index (κ1) is 17.1.